The van der Waals surface area contributed by atoms with E-state index in [1.165, 1.54) is 5.56 Å². The van der Waals surface area contributed by atoms with Gasteiger partial charge in [0.05, 0.1) is 4.90 Å². The predicted octanol–water partition coefficient (Wildman–Crippen LogP) is 5.01. The first-order chi connectivity index (χ1) is 15.3. The SMILES string of the molecule is CC(NS(=O)(=O)c1ccc(CCC(=O)N2CCc3cc(Br)ccc32)cc1)c1ccccc1. The van der Waals surface area contributed by atoms with Crippen molar-refractivity contribution in [3.63, 3.8) is 0 Å². The van der Waals surface area contributed by atoms with Crippen LogP contribution in [0.5, 0.6) is 0 Å². The Balaban J connectivity index is 1.36. The smallest absolute Gasteiger partial charge is 0.241 e. The minimum Gasteiger partial charge on any atom is -0.312 e. The number of halogens is 1. The van der Waals surface area contributed by atoms with E-state index in [1.807, 2.05) is 54.3 Å². The van der Waals surface area contributed by atoms with Gasteiger partial charge in [-0.2, -0.15) is 0 Å². The second kappa shape index (κ2) is 9.57. The second-order valence-electron chi connectivity index (χ2n) is 7.97. The maximum atomic E-state index is 12.8. The number of nitrogens with zero attached hydrogens (tertiary/aromatic N) is 1. The average Bonchev–Trinajstić information content (AvgIpc) is 3.21. The molecular weight excluding hydrogens is 488 g/mol. The standard InChI is InChI=1S/C25H25BrN2O3S/c1-18(20-5-3-2-4-6-20)27-32(30,31)23-11-7-19(8-12-23)9-14-25(29)28-16-15-21-17-22(26)10-13-24(21)28/h2-8,10-13,17-18,27H,9,14-16H2,1H3. The largest absolute Gasteiger partial charge is 0.312 e. The molecule has 1 aliphatic heterocycles. The molecule has 1 aliphatic rings. The van der Waals surface area contributed by atoms with Crippen LogP contribution in [-0.4, -0.2) is 20.9 Å². The number of hydrogen-bond acceptors (Lipinski definition) is 3. The van der Waals surface area contributed by atoms with E-state index in [4.69, 9.17) is 0 Å². The number of benzene rings is 3. The van der Waals surface area contributed by atoms with Crippen molar-refractivity contribution in [3.05, 3.63) is 94.0 Å². The van der Waals surface area contributed by atoms with Crippen LogP contribution in [0.25, 0.3) is 0 Å². The van der Waals surface area contributed by atoms with Crippen LogP contribution in [0, 0.1) is 0 Å². The van der Waals surface area contributed by atoms with Gasteiger partial charge in [-0.05, 0) is 66.8 Å². The Labute approximate surface area is 197 Å². The van der Waals surface area contributed by atoms with Crippen LogP contribution >= 0.6 is 15.9 Å². The monoisotopic (exact) mass is 512 g/mol. The Kier molecular flexibility index (Phi) is 6.79. The minimum absolute atomic E-state index is 0.0844. The summed E-state index contributed by atoms with van der Waals surface area (Å²) in [6, 6.07) is 21.9. The van der Waals surface area contributed by atoms with Crippen LogP contribution in [0.1, 0.15) is 36.1 Å². The number of carbonyl (C=O) groups is 1. The number of fused-ring (bicyclic) bond motifs is 1. The van der Waals surface area contributed by atoms with Crippen LogP contribution in [0.4, 0.5) is 5.69 Å². The van der Waals surface area contributed by atoms with E-state index < -0.39 is 10.0 Å². The molecule has 3 aromatic carbocycles. The van der Waals surface area contributed by atoms with Crippen molar-refractivity contribution in [1.82, 2.24) is 4.72 Å². The zero-order valence-corrected chi connectivity index (χ0v) is 20.2. The number of sulfonamides is 1. The zero-order valence-electron chi connectivity index (χ0n) is 17.8. The van der Waals surface area contributed by atoms with Crippen LogP contribution in [0.2, 0.25) is 0 Å². The fourth-order valence-electron chi connectivity index (χ4n) is 3.96. The number of rotatable bonds is 7. The van der Waals surface area contributed by atoms with Crippen molar-refractivity contribution in [2.24, 2.45) is 0 Å². The molecule has 0 spiro atoms. The van der Waals surface area contributed by atoms with Crippen molar-refractivity contribution in [3.8, 4) is 0 Å². The highest BCUT2D eigenvalue weighted by Gasteiger charge is 2.24. The quantitative estimate of drug-likeness (QED) is 0.483. The Bertz CT molecular complexity index is 1210. The van der Waals surface area contributed by atoms with E-state index in [1.54, 1.807) is 24.3 Å². The molecule has 1 heterocycles. The summed E-state index contributed by atoms with van der Waals surface area (Å²) in [6.07, 6.45) is 1.81. The summed E-state index contributed by atoms with van der Waals surface area (Å²) in [5.41, 5.74) is 4.00. The summed E-state index contributed by atoms with van der Waals surface area (Å²) >= 11 is 3.48. The topological polar surface area (TPSA) is 66.5 Å². The molecule has 1 N–H and O–H groups in total. The lowest BCUT2D eigenvalue weighted by Crippen LogP contribution is -2.29. The first kappa shape index (κ1) is 22.7. The summed E-state index contributed by atoms with van der Waals surface area (Å²) in [5, 5.41) is 0. The third-order valence-corrected chi connectivity index (χ3v) is 7.78. The lowest BCUT2D eigenvalue weighted by atomic mass is 10.1. The number of anilines is 1. The van der Waals surface area contributed by atoms with Gasteiger partial charge in [0.1, 0.15) is 0 Å². The molecule has 1 unspecified atom stereocenters. The van der Waals surface area contributed by atoms with E-state index in [2.05, 4.69) is 26.7 Å². The van der Waals surface area contributed by atoms with Crippen molar-refractivity contribution in [2.45, 2.75) is 37.1 Å². The number of carbonyl (C=O) groups excluding carboxylic acids is 1. The average molecular weight is 513 g/mol. The molecule has 0 saturated carbocycles. The number of aryl methyl sites for hydroxylation is 1. The second-order valence-corrected chi connectivity index (χ2v) is 10.6. The molecule has 166 valence electrons. The normalized spacial score (nSPS) is 14.2. The highest BCUT2D eigenvalue weighted by Crippen LogP contribution is 2.31. The maximum Gasteiger partial charge on any atom is 0.241 e. The van der Waals surface area contributed by atoms with Gasteiger partial charge >= 0.3 is 0 Å². The van der Waals surface area contributed by atoms with Gasteiger partial charge in [-0.3, -0.25) is 4.79 Å². The van der Waals surface area contributed by atoms with E-state index in [0.29, 0.717) is 19.4 Å². The summed E-state index contributed by atoms with van der Waals surface area (Å²) in [6.45, 7) is 2.52. The van der Waals surface area contributed by atoms with Crippen LogP contribution in [0.3, 0.4) is 0 Å². The highest BCUT2D eigenvalue weighted by molar-refractivity contribution is 9.10. The summed E-state index contributed by atoms with van der Waals surface area (Å²) in [4.78, 5) is 14.8. The summed E-state index contributed by atoms with van der Waals surface area (Å²) in [7, 11) is -3.63. The zero-order chi connectivity index (χ0) is 22.7. The molecule has 0 aliphatic carbocycles. The maximum absolute atomic E-state index is 12.8. The van der Waals surface area contributed by atoms with Crippen molar-refractivity contribution in [1.29, 1.82) is 0 Å². The molecule has 1 amide bonds. The molecule has 0 bridgehead atoms. The molecule has 1 atom stereocenters. The van der Waals surface area contributed by atoms with Gasteiger partial charge in [0, 0.05) is 29.2 Å². The molecular formula is C25H25BrN2O3S. The molecule has 0 aromatic heterocycles. The van der Waals surface area contributed by atoms with E-state index in [-0.39, 0.29) is 16.8 Å². The van der Waals surface area contributed by atoms with Gasteiger partial charge in [0.2, 0.25) is 15.9 Å². The molecule has 5 nitrogen and oxygen atoms in total. The van der Waals surface area contributed by atoms with Gasteiger partial charge in [-0.25, -0.2) is 13.1 Å². The predicted molar refractivity (Wildman–Crippen MR) is 130 cm³/mol. The first-order valence-electron chi connectivity index (χ1n) is 10.6. The van der Waals surface area contributed by atoms with E-state index in [0.717, 1.165) is 27.7 Å². The van der Waals surface area contributed by atoms with Crippen molar-refractivity contribution in [2.75, 3.05) is 11.4 Å². The van der Waals surface area contributed by atoms with E-state index >= 15 is 0 Å². The van der Waals surface area contributed by atoms with Gasteiger partial charge in [0.15, 0.2) is 0 Å². The lowest BCUT2D eigenvalue weighted by molar-refractivity contribution is -0.118. The Hall–Kier alpha value is -2.48. The van der Waals surface area contributed by atoms with Crippen molar-refractivity contribution < 1.29 is 13.2 Å². The fraction of sp³-hybridized carbons (Fsp3) is 0.240. The third-order valence-electron chi connectivity index (χ3n) is 5.73. The molecule has 32 heavy (non-hydrogen) atoms. The first-order valence-corrected chi connectivity index (χ1v) is 12.9. The van der Waals surface area contributed by atoms with Gasteiger partial charge in [-0.15, -0.1) is 0 Å². The van der Waals surface area contributed by atoms with E-state index in [9.17, 15) is 13.2 Å². The summed E-state index contributed by atoms with van der Waals surface area (Å²) in [5.74, 6) is 0.0844. The number of hydrogen-bond donors (Lipinski definition) is 1. The van der Waals surface area contributed by atoms with Crippen molar-refractivity contribution >= 4 is 37.5 Å². The molecule has 4 rings (SSSR count). The molecule has 0 radical (unpaired) electrons. The fourth-order valence-corrected chi connectivity index (χ4v) is 5.60. The number of amides is 1. The molecule has 0 saturated heterocycles. The van der Waals surface area contributed by atoms with Gasteiger partial charge in [0.25, 0.3) is 0 Å². The minimum atomic E-state index is -3.63. The number of nitrogens with one attached hydrogen (secondary N) is 1. The van der Waals surface area contributed by atoms with Crippen LogP contribution in [0.15, 0.2) is 82.2 Å². The highest BCUT2D eigenvalue weighted by atomic mass is 79.9. The lowest BCUT2D eigenvalue weighted by Gasteiger charge is -2.17. The Morgan fingerprint density at radius 2 is 1.78 bits per heavy atom. The Morgan fingerprint density at radius 3 is 2.50 bits per heavy atom. The molecule has 7 heteroatoms. The molecule has 0 fully saturated rings. The molecule has 3 aromatic rings. The van der Waals surface area contributed by atoms with Crippen LogP contribution < -0.4 is 9.62 Å². The summed E-state index contributed by atoms with van der Waals surface area (Å²) < 4.78 is 29.2. The van der Waals surface area contributed by atoms with Gasteiger partial charge in [-0.1, -0.05) is 58.4 Å². The van der Waals surface area contributed by atoms with Crippen LogP contribution in [-0.2, 0) is 27.7 Å². The third kappa shape index (κ3) is 5.11. The van der Waals surface area contributed by atoms with Gasteiger partial charge < -0.3 is 4.90 Å². The Morgan fingerprint density at radius 1 is 1.06 bits per heavy atom.